The maximum Gasteiger partial charge on any atom is 0.205 e. The van der Waals surface area contributed by atoms with Crippen LogP contribution in [0.2, 0.25) is 0 Å². The first-order chi connectivity index (χ1) is 28.6. The lowest BCUT2D eigenvalue weighted by molar-refractivity contribution is -0.699. The van der Waals surface area contributed by atoms with Crippen LogP contribution < -0.4 is 14.4 Å². The van der Waals surface area contributed by atoms with Gasteiger partial charge in [0.2, 0.25) is 5.69 Å². The Morgan fingerprint density at radius 1 is 0.621 bits per heavy atom. The Morgan fingerprint density at radius 3 is 1.69 bits per heavy atom. The molecule has 1 aromatic heterocycles. The molecule has 1 N–H and O–H groups in total. The van der Waals surface area contributed by atoms with Crippen LogP contribution in [0.4, 0.5) is 11.4 Å². The zero-order valence-corrected chi connectivity index (χ0v) is 35.8. The van der Waals surface area contributed by atoms with E-state index in [1.165, 1.54) is 64.4 Å². The lowest BCUT2D eigenvalue weighted by Gasteiger charge is -2.25. The maximum absolute atomic E-state index is 9.43. The molecule has 0 amide bonds. The predicted molar refractivity (Wildman–Crippen MR) is 256 cm³/mol. The minimum atomic E-state index is 0.124. The highest BCUT2D eigenvalue weighted by Gasteiger charge is 2.10. The Labute approximate surface area is 356 Å². The molecule has 0 radical (unpaired) electrons. The topological polar surface area (TPSA) is 30.6 Å². The van der Waals surface area contributed by atoms with E-state index < -0.39 is 0 Å². The third-order valence-corrected chi connectivity index (χ3v) is 12.3. The van der Waals surface area contributed by atoms with Crippen LogP contribution in [0.15, 0.2) is 176 Å². The molecule has 0 saturated heterocycles. The Hall–Kier alpha value is -5.01. The van der Waals surface area contributed by atoms with Crippen molar-refractivity contribution in [1.82, 2.24) is 0 Å². The van der Waals surface area contributed by atoms with Crippen LogP contribution in [0.1, 0.15) is 60.6 Å². The average Bonchev–Trinajstić information content (AvgIpc) is 3.26. The second-order valence-corrected chi connectivity index (χ2v) is 17.0. The minimum absolute atomic E-state index is 0.124. The van der Waals surface area contributed by atoms with Gasteiger partial charge in [0.25, 0.3) is 0 Å². The van der Waals surface area contributed by atoms with Gasteiger partial charge >= 0.3 is 0 Å². The summed E-state index contributed by atoms with van der Waals surface area (Å²) in [6.07, 6.45) is 23.2. The van der Waals surface area contributed by atoms with Crippen molar-refractivity contribution in [3.05, 3.63) is 204 Å². The first-order valence-electron chi connectivity index (χ1n) is 20.5. The summed E-state index contributed by atoms with van der Waals surface area (Å²) in [5, 5.41) is 9.43. The summed E-state index contributed by atoms with van der Waals surface area (Å²) in [6.45, 7) is 10.4. The lowest BCUT2D eigenvalue weighted by Crippen LogP contribution is -2.38. The minimum Gasteiger partial charge on any atom is -0.390 e. The van der Waals surface area contributed by atoms with Crippen LogP contribution in [0, 0.1) is 0 Å². The van der Waals surface area contributed by atoms with Crippen molar-refractivity contribution in [1.29, 1.82) is 0 Å². The van der Waals surface area contributed by atoms with Crippen molar-refractivity contribution < 1.29 is 9.67 Å². The average molecular weight is 807 g/mol. The van der Waals surface area contributed by atoms with Gasteiger partial charge in [-0.25, -0.2) is 0 Å². The van der Waals surface area contributed by atoms with Gasteiger partial charge in [0.1, 0.15) is 6.61 Å². The van der Waals surface area contributed by atoms with Crippen molar-refractivity contribution in [2.24, 2.45) is 0 Å². The van der Waals surface area contributed by atoms with Crippen LogP contribution >= 0.6 is 21.6 Å². The van der Waals surface area contributed by atoms with Crippen LogP contribution in [0.25, 0.3) is 18.2 Å². The fraction of sp³-hybridized carbons (Fsp3) is 0.250. The molecule has 0 unspecified atom stereocenters. The number of hydrogen-bond acceptors (Lipinski definition) is 5. The Balaban J connectivity index is 1.05. The zero-order valence-electron chi connectivity index (χ0n) is 34.1. The van der Waals surface area contributed by atoms with Crippen molar-refractivity contribution in [2.45, 2.75) is 52.2 Å². The summed E-state index contributed by atoms with van der Waals surface area (Å²) in [7, 11) is 4.06. The molecule has 4 nitrogen and oxygen atoms in total. The fourth-order valence-electron chi connectivity index (χ4n) is 6.55. The molecule has 300 valence electrons. The number of hydrogen-bond donors (Lipinski definition) is 1. The molecule has 0 atom stereocenters. The number of aliphatic hydroxyl groups is 1. The monoisotopic (exact) mass is 806 g/mol. The van der Waals surface area contributed by atoms with Crippen molar-refractivity contribution in [3.8, 4) is 0 Å². The number of pyridine rings is 1. The van der Waals surface area contributed by atoms with E-state index in [-0.39, 0.29) is 6.61 Å². The van der Waals surface area contributed by atoms with E-state index in [0.29, 0.717) is 6.54 Å². The van der Waals surface area contributed by atoms with Crippen molar-refractivity contribution in [2.75, 3.05) is 41.0 Å². The molecule has 0 aliphatic heterocycles. The molecule has 5 rings (SSSR count). The SMILES string of the molecule is C=C\C=C/C=C(C)/C=C/c1ccc(N(CCCCSSCCCCN(Cc2ccccc2)c2ccc(/C=C/c3cccc[n+]3CCO)cc2)Cc2ccccc2)cc1. The largest absolute Gasteiger partial charge is 0.390 e. The highest BCUT2D eigenvalue weighted by Crippen LogP contribution is 2.26. The quantitative estimate of drug-likeness (QED) is 0.0275. The number of benzene rings is 4. The van der Waals surface area contributed by atoms with Crippen molar-refractivity contribution >= 4 is 51.2 Å². The molecule has 0 aliphatic carbocycles. The van der Waals surface area contributed by atoms with E-state index >= 15 is 0 Å². The van der Waals surface area contributed by atoms with Crippen LogP contribution in [-0.4, -0.2) is 36.3 Å². The number of anilines is 2. The van der Waals surface area contributed by atoms with Gasteiger partial charge in [0.15, 0.2) is 12.7 Å². The van der Waals surface area contributed by atoms with Gasteiger partial charge in [-0.2, -0.15) is 4.57 Å². The van der Waals surface area contributed by atoms with Crippen LogP contribution in [0.5, 0.6) is 0 Å². The van der Waals surface area contributed by atoms with Gasteiger partial charge in [0, 0.05) is 67.3 Å². The Kier molecular flexibility index (Phi) is 19.8. The van der Waals surface area contributed by atoms with Crippen LogP contribution in [-0.2, 0) is 19.6 Å². The highest BCUT2D eigenvalue weighted by atomic mass is 33.1. The second-order valence-electron chi connectivity index (χ2n) is 14.3. The van der Waals surface area contributed by atoms with E-state index in [9.17, 15) is 5.11 Å². The number of aromatic nitrogens is 1. The van der Waals surface area contributed by atoms with E-state index in [1.54, 1.807) is 6.08 Å². The van der Waals surface area contributed by atoms with E-state index in [0.717, 1.165) is 43.9 Å². The van der Waals surface area contributed by atoms with E-state index in [2.05, 4.69) is 174 Å². The summed E-state index contributed by atoms with van der Waals surface area (Å²) < 4.78 is 2.07. The number of nitrogens with zero attached hydrogens (tertiary/aromatic N) is 3. The fourth-order valence-corrected chi connectivity index (χ4v) is 8.84. The molecule has 1 heterocycles. The Bertz CT molecular complexity index is 2020. The Morgan fingerprint density at radius 2 is 1.16 bits per heavy atom. The number of rotatable bonds is 25. The molecular formula is C52H60N3OS2+. The molecule has 5 aromatic rings. The normalized spacial score (nSPS) is 11.9. The molecule has 58 heavy (non-hydrogen) atoms. The van der Waals surface area contributed by atoms with E-state index in [1.807, 2.05) is 52.1 Å². The molecule has 0 saturated carbocycles. The number of allylic oxidation sites excluding steroid dienone is 6. The van der Waals surface area contributed by atoms with Crippen molar-refractivity contribution in [3.63, 3.8) is 0 Å². The van der Waals surface area contributed by atoms with Gasteiger partial charge in [0.05, 0.1) is 0 Å². The zero-order chi connectivity index (χ0) is 40.5. The number of aliphatic hydroxyl groups excluding tert-OH is 1. The molecule has 0 aliphatic rings. The van der Waals surface area contributed by atoms with E-state index in [4.69, 9.17) is 0 Å². The molecule has 4 aromatic carbocycles. The second kappa shape index (κ2) is 26.1. The standard InChI is InChI=1S/C52H60N3OS2/c1-3-4-7-18-45(2)24-25-46-27-32-51(33-28-46)54(43-48-19-8-5-9-20-48)37-14-16-41-57-58-42-17-15-38-55(44-49-21-10-6-11-22-49)52-34-29-47(30-35-52)26-31-50-23-12-13-36-53(50)39-40-56/h3-13,18-36,56H,1,14-17,37-44H2,2H3/q+1/b7-4-,25-24+,45-18+. The first-order valence-corrected chi connectivity index (χ1v) is 23.0. The molecule has 6 heteroatoms. The van der Waals surface area contributed by atoms with Gasteiger partial charge in [-0.3, -0.25) is 0 Å². The maximum atomic E-state index is 9.43. The summed E-state index contributed by atoms with van der Waals surface area (Å²) in [5.41, 5.74) is 9.84. The van der Waals surface area contributed by atoms with Crippen LogP contribution in [0.3, 0.4) is 0 Å². The summed E-state index contributed by atoms with van der Waals surface area (Å²) in [5.74, 6) is 2.35. The van der Waals surface area contributed by atoms with Gasteiger partial charge in [-0.1, -0.05) is 155 Å². The molecular weight excluding hydrogens is 747 g/mol. The highest BCUT2D eigenvalue weighted by molar-refractivity contribution is 8.76. The summed E-state index contributed by atoms with van der Waals surface area (Å²) in [4.78, 5) is 5.04. The number of unbranched alkanes of at least 4 members (excludes halogenated alkanes) is 2. The third-order valence-electron chi connectivity index (χ3n) is 9.75. The first kappa shape index (κ1) is 44.1. The van der Waals surface area contributed by atoms with Gasteiger partial charge in [-0.15, -0.1) is 0 Å². The predicted octanol–water partition coefficient (Wildman–Crippen LogP) is 12.5. The summed E-state index contributed by atoms with van der Waals surface area (Å²) in [6, 6.07) is 45.6. The molecule has 0 spiro atoms. The smallest absolute Gasteiger partial charge is 0.205 e. The molecule has 0 fully saturated rings. The molecule has 0 bridgehead atoms. The van der Waals surface area contributed by atoms with Gasteiger partial charge < -0.3 is 14.9 Å². The lowest BCUT2D eigenvalue weighted by atomic mass is 10.1. The van der Waals surface area contributed by atoms with Gasteiger partial charge in [-0.05, 0) is 91.3 Å². The summed E-state index contributed by atoms with van der Waals surface area (Å²) >= 11 is 0. The third kappa shape index (κ3) is 16.1.